The maximum atomic E-state index is 12.9. The zero-order valence-corrected chi connectivity index (χ0v) is 9.13. The molecule has 0 heterocycles. The van der Waals surface area contributed by atoms with Crippen molar-refractivity contribution in [3.63, 3.8) is 0 Å². The first-order valence-electron chi connectivity index (χ1n) is 4.90. The highest BCUT2D eigenvalue weighted by atomic mass is 19.1. The molecular formula is C12H14FNO2. The van der Waals surface area contributed by atoms with Gasteiger partial charge in [-0.3, -0.25) is 4.79 Å². The van der Waals surface area contributed by atoms with E-state index in [9.17, 15) is 9.18 Å². The third-order valence-electron chi connectivity index (χ3n) is 1.94. The summed E-state index contributed by atoms with van der Waals surface area (Å²) in [7, 11) is 0. The van der Waals surface area contributed by atoms with E-state index in [4.69, 9.17) is 4.74 Å². The molecular weight excluding hydrogens is 209 g/mol. The highest BCUT2D eigenvalue weighted by molar-refractivity contribution is 5.77. The minimum Gasteiger partial charge on any atom is -0.484 e. The van der Waals surface area contributed by atoms with Gasteiger partial charge in [0.25, 0.3) is 5.91 Å². The van der Waals surface area contributed by atoms with Gasteiger partial charge in [-0.05, 0) is 30.7 Å². The summed E-state index contributed by atoms with van der Waals surface area (Å²) in [6, 6.07) is 4.35. The van der Waals surface area contributed by atoms with Crippen LogP contribution in [0.4, 0.5) is 4.39 Å². The molecule has 0 saturated heterocycles. The fourth-order valence-corrected chi connectivity index (χ4v) is 1.09. The van der Waals surface area contributed by atoms with Crippen LogP contribution in [-0.2, 0) is 4.79 Å². The zero-order valence-electron chi connectivity index (χ0n) is 9.13. The summed E-state index contributed by atoms with van der Waals surface area (Å²) in [6.45, 7) is 5.44. The van der Waals surface area contributed by atoms with E-state index in [2.05, 4.69) is 11.9 Å². The number of ether oxygens (including phenoxy) is 1. The molecule has 1 amide bonds. The zero-order chi connectivity index (χ0) is 12.0. The summed E-state index contributed by atoms with van der Waals surface area (Å²) in [5, 5.41) is 2.57. The van der Waals surface area contributed by atoms with Gasteiger partial charge in [-0.15, -0.1) is 6.58 Å². The first-order chi connectivity index (χ1) is 7.63. The van der Waals surface area contributed by atoms with Crippen LogP contribution in [0.25, 0.3) is 0 Å². The highest BCUT2D eigenvalue weighted by Gasteiger charge is 2.03. The summed E-state index contributed by atoms with van der Waals surface area (Å²) in [4.78, 5) is 11.2. The van der Waals surface area contributed by atoms with Crippen LogP contribution in [0.1, 0.15) is 5.56 Å². The molecule has 0 aliphatic rings. The normalized spacial score (nSPS) is 9.62. The number of hydrogen-bond donors (Lipinski definition) is 1. The van der Waals surface area contributed by atoms with Gasteiger partial charge in [0.1, 0.15) is 11.6 Å². The average molecular weight is 223 g/mol. The highest BCUT2D eigenvalue weighted by Crippen LogP contribution is 2.15. The van der Waals surface area contributed by atoms with Gasteiger partial charge in [0.15, 0.2) is 6.61 Å². The van der Waals surface area contributed by atoms with Gasteiger partial charge in [-0.1, -0.05) is 6.08 Å². The average Bonchev–Trinajstić information content (AvgIpc) is 2.28. The maximum absolute atomic E-state index is 12.9. The summed E-state index contributed by atoms with van der Waals surface area (Å²) in [6.07, 6.45) is 1.58. The first-order valence-corrected chi connectivity index (χ1v) is 4.90. The van der Waals surface area contributed by atoms with Gasteiger partial charge in [0.2, 0.25) is 0 Å². The van der Waals surface area contributed by atoms with Gasteiger partial charge in [0, 0.05) is 6.54 Å². The van der Waals surface area contributed by atoms with Crippen molar-refractivity contribution in [3.8, 4) is 5.75 Å². The molecule has 0 aliphatic carbocycles. The van der Waals surface area contributed by atoms with E-state index in [1.807, 2.05) is 0 Å². The summed E-state index contributed by atoms with van der Waals surface area (Å²) >= 11 is 0. The fraction of sp³-hybridized carbons (Fsp3) is 0.250. The Balaban J connectivity index is 2.45. The van der Waals surface area contributed by atoms with Gasteiger partial charge in [-0.25, -0.2) is 4.39 Å². The molecule has 1 aromatic rings. The molecule has 0 aliphatic heterocycles. The lowest BCUT2D eigenvalue weighted by Gasteiger charge is -2.07. The van der Waals surface area contributed by atoms with Crippen molar-refractivity contribution < 1.29 is 13.9 Å². The minimum absolute atomic E-state index is 0.0844. The number of carbonyl (C=O) groups is 1. The summed E-state index contributed by atoms with van der Waals surface area (Å²) in [5.74, 6) is -0.0435. The van der Waals surface area contributed by atoms with E-state index in [-0.39, 0.29) is 18.3 Å². The van der Waals surface area contributed by atoms with Crippen molar-refractivity contribution in [2.75, 3.05) is 13.2 Å². The Morgan fingerprint density at radius 3 is 3.00 bits per heavy atom. The number of halogens is 1. The molecule has 0 atom stereocenters. The van der Waals surface area contributed by atoms with Crippen LogP contribution in [-0.4, -0.2) is 19.1 Å². The van der Waals surface area contributed by atoms with E-state index < -0.39 is 0 Å². The van der Waals surface area contributed by atoms with Crippen molar-refractivity contribution in [3.05, 3.63) is 42.2 Å². The molecule has 3 nitrogen and oxygen atoms in total. The number of carbonyl (C=O) groups excluding carboxylic acids is 1. The van der Waals surface area contributed by atoms with Crippen LogP contribution in [0.3, 0.4) is 0 Å². The predicted molar refractivity (Wildman–Crippen MR) is 59.8 cm³/mol. The molecule has 1 aromatic carbocycles. The second kappa shape index (κ2) is 5.90. The molecule has 4 heteroatoms. The lowest BCUT2D eigenvalue weighted by Crippen LogP contribution is -2.28. The van der Waals surface area contributed by atoms with Gasteiger partial charge in [-0.2, -0.15) is 0 Å². The topological polar surface area (TPSA) is 38.3 Å². The van der Waals surface area contributed by atoms with Crippen molar-refractivity contribution in [2.24, 2.45) is 0 Å². The minimum atomic E-state index is -0.288. The largest absolute Gasteiger partial charge is 0.484 e. The Morgan fingerprint density at radius 2 is 2.38 bits per heavy atom. The second-order valence-corrected chi connectivity index (χ2v) is 3.29. The molecule has 0 radical (unpaired) electrons. The number of aryl methyl sites for hydroxylation is 1. The molecule has 0 unspecified atom stereocenters. The Hall–Kier alpha value is -1.84. The van der Waals surface area contributed by atoms with E-state index in [0.717, 1.165) is 0 Å². The standard InChI is InChI=1S/C12H14FNO2/c1-3-6-14-12(15)8-16-10-4-5-11(13)9(2)7-10/h3-5,7H,1,6,8H2,2H3,(H,14,15). The van der Waals surface area contributed by atoms with Crippen LogP contribution in [0.2, 0.25) is 0 Å². The molecule has 0 fully saturated rings. The fourth-order valence-electron chi connectivity index (χ4n) is 1.09. The number of amides is 1. The molecule has 16 heavy (non-hydrogen) atoms. The molecule has 0 spiro atoms. The Bertz CT molecular complexity index is 391. The van der Waals surface area contributed by atoms with Crippen molar-refractivity contribution in [2.45, 2.75) is 6.92 Å². The molecule has 86 valence electrons. The molecule has 0 saturated carbocycles. The van der Waals surface area contributed by atoms with Crippen LogP contribution in [0, 0.1) is 12.7 Å². The number of benzene rings is 1. The number of hydrogen-bond acceptors (Lipinski definition) is 2. The van der Waals surface area contributed by atoms with Crippen LogP contribution >= 0.6 is 0 Å². The second-order valence-electron chi connectivity index (χ2n) is 3.29. The van der Waals surface area contributed by atoms with Gasteiger partial charge >= 0.3 is 0 Å². The predicted octanol–water partition coefficient (Wildman–Crippen LogP) is 1.82. The Morgan fingerprint density at radius 1 is 1.62 bits per heavy atom. The van der Waals surface area contributed by atoms with E-state index in [1.54, 1.807) is 19.1 Å². The Kier molecular flexibility index (Phi) is 4.51. The van der Waals surface area contributed by atoms with Crippen molar-refractivity contribution >= 4 is 5.91 Å². The van der Waals surface area contributed by atoms with Crippen LogP contribution < -0.4 is 10.1 Å². The van der Waals surface area contributed by atoms with Crippen LogP contribution in [0.15, 0.2) is 30.9 Å². The molecule has 0 bridgehead atoms. The molecule has 1 N–H and O–H groups in total. The van der Waals surface area contributed by atoms with Gasteiger partial charge < -0.3 is 10.1 Å². The van der Waals surface area contributed by atoms with Gasteiger partial charge in [0.05, 0.1) is 0 Å². The van der Waals surface area contributed by atoms with E-state index >= 15 is 0 Å². The lowest BCUT2D eigenvalue weighted by molar-refractivity contribution is -0.122. The molecule has 0 aromatic heterocycles. The monoisotopic (exact) mass is 223 g/mol. The van der Waals surface area contributed by atoms with Crippen LogP contribution in [0.5, 0.6) is 5.75 Å². The lowest BCUT2D eigenvalue weighted by atomic mass is 10.2. The maximum Gasteiger partial charge on any atom is 0.258 e. The third kappa shape index (κ3) is 3.73. The smallest absolute Gasteiger partial charge is 0.258 e. The number of nitrogens with one attached hydrogen (secondary N) is 1. The van der Waals surface area contributed by atoms with Crippen molar-refractivity contribution in [1.29, 1.82) is 0 Å². The summed E-state index contributed by atoms with van der Waals surface area (Å²) in [5.41, 5.74) is 0.490. The van der Waals surface area contributed by atoms with E-state index in [0.29, 0.717) is 17.9 Å². The first kappa shape index (κ1) is 12.2. The quantitative estimate of drug-likeness (QED) is 0.773. The molecule has 1 rings (SSSR count). The Labute approximate surface area is 93.9 Å². The number of rotatable bonds is 5. The third-order valence-corrected chi connectivity index (χ3v) is 1.94. The van der Waals surface area contributed by atoms with E-state index in [1.165, 1.54) is 12.1 Å². The summed E-state index contributed by atoms with van der Waals surface area (Å²) < 4.78 is 18.1. The SMILES string of the molecule is C=CCNC(=O)COc1ccc(F)c(C)c1. The van der Waals surface area contributed by atoms with Crippen molar-refractivity contribution in [1.82, 2.24) is 5.32 Å².